The molecule has 0 saturated heterocycles. The summed E-state index contributed by atoms with van der Waals surface area (Å²) in [6.07, 6.45) is 1.46. The van der Waals surface area contributed by atoms with Crippen LogP contribution in [0.1, 0.15) is 34.6 Å². The van der Waals surface area contributed by atoms with Gasteiger partial charge in [-0.25, -0.2) is 0 Å². The highest BCUT2D eigenvalue weighted by molar-refractivity contribution is 5.80. The second-order valence-corrected chi connectivity index (χ2v) is 3.84. The molecule has 0 spiro atoms. The van der Waals surface area contributed by atoms with E-state index >= 15 is 0 Å². The standard InChI is InChI=1S/C13H14N2O3/c1-3-11-14-15-12(18-11)8-17-13-9(2)5-4-6-10(13)7-16/h4-7H,3,8H2,1-2H3. The van der Waals surface area contributed by atoms with Gasteiger partial charge in [0.15, 0.2) is 12.9 Å². The second-order valence-electron chi connectivity index (χ2n) is 3.84. The first kappa shape index (κ1) is 12.3. The lowest BCUT2D eigenvalue weighted by molar-refractivity contribution is 0.111. The normalized spacial score (nSPS) is 10.3. The Morgan fingerprint density at radius 2 is 2.11 bits per heavy atom. The number of hydrogen-bond donors (Lipinski definition) is 0. The van der Waals surface area contributed by atoms with Gasteiger partial charge in [0.1, 0.15) is 5.75 Å². The van der Waals surface area contributed by atoms with Gasteiger partial charge in [0.2, 0.25) is 5.89 Å². The molecule has 1 heterocycles. The highest BCUT2D eigenvalue weighted by Crippen LogP contribution is 2.22. The largest absolute Gasteiger partial charge is 0.483 e. The van der Waals surface area contributed by atoms with Crippen LogP contribution in [0, 0.1) is 6.92 Å². The summed E-state index contributed by atoms with van der Waals surface area (Å²) in [6, 6.07) is 5.40. The third-order valence-electron chi connectivity index (χ3n) is 2.52. The molecule has 0 aliphatic carbocycles. The smallest absolute Gasteiger partial charge is 0.253 e. The van der Waals surface area contributed by atoms with Crippen molar-refractivity contribution in [2.45, 2.75) is 26.9 Å². The lowest BCUT2D eigenvalue weighted by Gasteiger charge is -2.08. The number of hydrogen-bond acceptors (Lipinski definition) is 5. The van der Waals surface area contributed by atoms with Crippen LogP contribution in [0.3, 0.4) is 0 Å². The minimum Gasteiger partial charge on any atom is -0.483 e. The van der Waals surface area contributed by atoms with Crippen LogP contribution in [0.5, 0.6) is 5.75 Å². The molecule has 1 aromatic carbocycles. The molecular formula is C13H14N2O3. The highest BCUT2D eigenvalue weighted by Gasteiger charge is 2.09. The van der Waals surface area contributed by atoms with E-state index in [1.165, 1.54) is 0 Å². The summed E-state index contributed by atoms with van der Waals surface area (Å²) < 4.78 is 10.9. The molecule has 0 radical (unpaired) electrons. The molecular weight excluding hydrogens is 232 g/mol. The van der Waals surface area contributed by atoms with Gasteiger partial charge in [0.25, 0.3) is 5.89 Å². The van der Waals surface area contributed by atoms with E-state index in [0.29, 0.717) is 29.5 Å². The molecule has 0 saturated carbocycles. The molecule has 0 amide bonds. The molecule has 0 aliphatic rings. The lowest BCUT2D eigenvalue weighted by atomic mass is 10.1. The Bertz CT molecular complexity index is 549. The fourth-order valence-electron chi connectivity index (χ4n) is 1.59. The van der Waals surface area contributed by atoms with Gasteiger partial charge in [0, 0.05) is 6.42 Å². The Hall–Kier alpha value is -2.17. The van der Waals surface area contributed by atoms with Crippen molar-refractivity contribution in [3.63, 3.8) is 0 Å². The molecule has 0 N–H and O–H groups in total. The van der Waals surface area contributed by atoms with Gasteiger partial charge < -0.3 is 9.15 Å². The van der Waals surface area contributed by atoms with E-state index in [9.17, 15) is 4.79 Å². The van der Waals surface area contributed by atoms with Crippen molar-refractivity contribution in [3.8, 4) is 5.75 Å². The molecule has 0 aliphatic heterocycles. The number of aldehydes is 1. The van der Waals surface area contributed by atoms with E-state index in [-0.39, 0.29) is 6.61 Å². The van der Waals surface area contributed by atoms with E-state index in [2.05, 4.69) is 10.2 Å². The van der Waals surface area contributed by atoms with Crippen LogP contribution in [-0.4, -0.2) is 16.5 Å². The summed E-state index contributed by atoms with van der Waals surface area (Å²) in [4.78, 5) is 10.9. The Morgan fingerprint density at radius 1 is 1.33 bits per heavy atom. The van der Waals surface area contributed by atoms with Crippen molar-refractivity contribution in [1.29, 1.82) is 0 Å². The number of rotatable bonds is 5. The van der Waals surface area contributed by atoms with Crippen LogP contribution in [0.25, 0.3) is 0 Å². The average molecular weight is 246 g/mol. The van der Waals surface area contributed by atoms with E-state index < -0.39 is 0 Å². The third kappa shape index (κ3) is 2.56. The Labute approximate surface area is 105 Å². The van der Waals surface area contributed by atoms with Crippen molar-refractivity contribution in [2.75, 3.05) is 0 Å². The summed E-state index contributed by atoms with van der Waals surface area (Å²) in [6.45, 7) is 3.98. The van der Waals surface area contributed by atoms with Gasteiger partial charge >= 0.3 is 0 Å². The molecule has 2 rings (SSSR count). The molecule has 0 fully saturated rings. The summed E-state index contributed by atoms with van der Waals surface area (Å²) in [7, 11) is 0. The van der Waals surface area contributed by atoms with Gasteiger partial charge in [-0.2, -0.15) is 0 Å². The fourth-order valence-corrected chi connectivity index (χ4v) is 1.59. The monoisotopic (exact) mass is 246 g/mol. The first-order valence-corrected chi connectivity index (χ1v) is 5.73. The van der Waals surface area contributed by atoms with Gasteiger partial charge in [-0.3, -0.25) is 4.79 Å². The van der Waals surface area contributed by atoms with E-state index in [1.54, 1.807) is 6.07 Å². The maximum absolute atomic E-state index is 10.9. The number of benzene rings is 1. The summed E-state index contributed by atoms with van der Waals surface area (Å²) in [5.74, 6) is 1.55. The van der Waals surface area contributed by atoms with Gasteiger partial charge in [-0.05, 0) is 18.6 Å². The highest BCUT2D eigenvalue weighted by atomic mass is 16.5. The molecule has 0 atom stereocenters. The first-order chi connectivity index (χ1) is 8.74. The number of aromatic nitrogens is 2. The van der Waals surface area contributed by atoms with Crippen molar-refractivity contribution in [2.24, 2.45) is 0 Å². The predicted molar refractivity (Wildman–Crippen MR) is 64.6 cm³/mol. The SMILES string of the molecule is CCc1nnc(COc2c(C)cccc2C=O)o1. The maximum Gasteiger partial charge on any atom is 0.253 e. The first-order valence-electron chi connectivity index (χ1n) is 5.73. The Morgan fingerprint density at radius 3 is 2.78 bits per heavy atom. The Kier molecular flexibility index (Phi) is 3.72. The number of carbonyl (C=O) groups excluding carboxylic acids is 1. The van der Waals surface area contributed by atoms with Crippen LogP contribution in [0.2, 0.25) is 0 Å². The van der Waals surface area contributed by atoms with Crippen LogP contribution < -0.4 is 4.74 Å². The van der Waals surface area contributed by atoms with Gasteiger partial charge in [-0.15, -0.1) is 10.2 Å². The van der Waals surface area contributed by atoms with E-state index in [1.807, 2.05) is 26.0 Å². The van der Waals surface area contributed by atoms with Crippen LogP contribution in [0.4, 0.5) is 0 Å². The zero-order valence-electron chi connectivity index (χ0n) is 10.3. The van der Waals surface area contributed by atoms with Crippen LogP contribution >= 0.6 is 0 Å². The molecule has 18 heavy (non-hydrogen) atoms. The topological polar surface area (TPSA) is 65.2 Å². The number of aryl methyl sites for hydroxylation is 2. The fraction of sp³-hybridized carbons (Fsp3) is 0.308. The zero-order chi connectivity index (χ0) is 13.0. The molecule has 0 bridgehead atoms. The van der Waals surface area contributed by atoms with E-state index in [4.69, 9.17) is 9.15 Å². The maximum atomic E-state index is 10.9. The van der Waals surface area contributed by atoms with Crippen molar-refractivity contribution < 1.29 is 13.9 Å². The van der Waals surface area contributed by atoms with Crippen molar-refractivity contribution >= 4 is 6.29 Å². The minimum absolute atomic E-state index is 0.165. The van der Waals surface area contributed by atoms with Gasteiger partial charge in [-0.1, -0.05) is 19.1 Å². The molecule has 94 valence electrons. The number of carbonyl (C=O) groups is 1. The summed E-state index contributed by atoms with van der Waals surface area (Å²) in [5, 5.41) is 7.70. The summed E-state index contributed by atoms with van der Waals surface area (Å²) in [5.41, 5.74) is 1.42. The lowest BCUT2D eigenvalue weighted by Crippen LogP contribution is -2.00. The van der Waals surface area contributed by atoms with Crippen molar-refractivity contribution in [1.82, 2.24) is 10.2 Å². The third-order valence-corrected chi connectivity index (χ3v) is 2.52. The molecule has 1 aromatic heterocycles. The molecule has 5 heteroatoms. The van der Waals surface area contributed by atoms with Gasteiger partial charge in [0.05, 0.1) is 5.56 Å². The van der Waals surface area contributed by atoms with Crippen LogP contribution in [0.15, 0.2) is 22.6 Å². The van der Waals surface area contributed by atoms with Crippen LogP contribution in [-0.2, 0) is 13.0 Å². The zero-order valence-corrected chi connectivity index (χ0v) is 10.3. The summed E-state index contributed by atoms with van der Waals surface area (Å²) >= 11 is 0. The predicted octanol–water partition coefficient (Wildman–Crippen LogP) is 2.33. The van der Waals surface area contributed by atoms with Crippen molar-refractivity contribution in [3.05, 3.63) is 41.1 Å². The second kappa shape index (κ2) is 5.44. The molecule has 0 unspecified atom stereocenters. The number of nitrogens with zero attached hydrogens (tertiary/aromatic N) is 2. The average Bonchev–Trinajstić information content (AvgIpc) is 2.85. The minimum atomic E-state index is 0.165. The number of para-hydroxylation sites is 1. The molecule has 2 aromatic rings. The molecule has 5 nitrogen and oxygen atoms in total. The van der Waals surface area contributed by atoms with E-state index in [0.717, 1.165) is 11.8 Å². The quantitative estimate of drug-likeness (QED) is 0.757. The Balaban J connectivity index is 2.12. The number of ether oxygens (including phenoxy) is 1.